The van der Waals surface area contributed by atoms with Crippen LogP contribution in [-0.4, -0.2) is 50.1 Å². The van der Waals surface area contributed by atoms with E-state index in [1.54, 1.807) is 6.92 Å². The minimum atomic E-state index is -3.61. The van der Waals surface area contributed by atoms with Crippen LogP contribution in [-0.2, 0) is 14.8 Å². The number of rotatable bonds is 6. The first kappa shape index (κ1) is 19.0. The van der Waals surface area contributed by atoms with Crippen LogP contribution >= 0.6 is 0 Å². The summed E-state index contributed by atoms with van der Waals surface area (Å²) in [7, 11) is -3.61. The Morgan fingerprint density at radius 2 is 2.11 bits per heavy atom. The molecular weight excluding hydrogens is 384 g/mol. The first-order chi connectivity index (χ1) is 13.5. The van der Waals surface area contributed by atoms with Crippen molar-refractivity contribution in [1.82, 2.24) is 9.29 Å². The molecule has 0 spiro atoms. The third-order valence-corrected chi connectivity index (χ3v) is 7.02. The molecule has 1 atom stereocenters. The SMILES string of the molecule is Cc1oc(-c2nc(C#N)c(NC[C@H]3CCCO3)o2)cc1S(=O)(=O)N1CCCC1. The summed E-state index contributed by atoms with van der Waals surface area (Å²) in [5.74, 6) is 0.743. The van der Waals surface area contributed by atoms with Gasteiger partial charge in [-0.3, -0.25) is 0 Å². The molecule has 10 heteroatoms. The van der Waals surface area contributed by atoms with Crippen molar-refractivity contribution in [1.29, 1.82) is 5.26 Å². The molecule has 0 aliphatic carbocycles. The van der Waals surface area contributed by atoms with Gasteiger partial charge >= 0.3 is 0 Å². The van der Waals surface area contributed by atoms with E-state index in [1.165, 1.54) is 10.4 Å². The fraction of sp³-hybridized carbons (Fsp3) is 0.556. The Bertz CT molecular complexity index is 992. The predicted octanol–water partition coefficient (Wildman–Crippen LogP) is 2.49. The van der Waals surface area contributed by atoms with Gasteiger partial charge in [0.05, 0.1) is 6.10 Å². The fourth-order valence-electron chi connectivity index (χ4n) is 3.53. The number of furan rings is 1. The summed E-state index contributed by atoms with van der Waals surface area (Å²) >= 11 is 0. The van der Waals surface area contributed by atoms with Gasteiger partial charge in [-0.1, -0.05) is 0 Å². The lowest BCUT2D eigenvalue weighted by Crippen LogP contribution is -2.27. The van der Waals surface area contributed by atoms with Crippen LogP contribution in [0, 0.1) is 18.3 Å². The summed E-state index contributed by atoms with van der Waals surface area (Å²) < 4.78 is 43.9. The highest BCUT2D eigenvalue weighted by atomic mass is 32.2. The number of anilines is 1. The Hall–Kier alpha value is -2.35. The standard InChI is InChI=1S/C18H22N4O5S/c1-12-16(28(23,24)22-6-2-3-7-22)9-15(26-12)18-21-14(10-19)17(27-18)20-11-13-5-4-8-25-13/h9,13,20H,2-8,11H2,1H3/t13-/m1/s1. The Kier molecular flexibility index (Phi) is 5.14. The second kappa shape index (κ2) is 7.58. The maximum Gasteiger partial charge on any atom is 0.266 e. The van der Waals surface area contributed by atoms with Gasteiger partial charge in [-0.15, -0.1) is 0 Å². The van der Waals surface area contributed by atoms with Crippen molar-refractivity contribution in [3.8, 4) is 17.7 Å². The number of nitrogens with zero attached hydrogens (tertiary/aromatic N) is 3. The van der Waals surface area contributed by atoms with Gasteiger partial charge in [0.1, 0.15) is 16.7 Å². The van der Waals surface area contributed by atoms with Crippen LogP contribution in [0.3, 0.4) is 0 Å². The second-order valence-corrected chi connectivity index (χ2v) is 8.87. The van der Waals surface area contributed by atoms with Crippen molar-refractivity contribution >= 4 is 15.9 Å². The van der Waals surface area contributed by atoms with Gasteiger partial charge in [-0.2, -0.15) is 14.6 Å². The lowest BCUT2D eigenvalue weighted by molar-refractivity contribution is 0.120. The molecule has 0 aromatic carbocycles. The number of aryl methyl sites for hydroxylation is 1. The predicted molar refractivity (Wildman–Crippen MR) is 99.1 cm³/mol. The van der Waals surface area contributed by atoms with Crippen molar-refractivity contribution in [2.45, 2.75) is 43.6 Å². The van der Waals surface area contributed by atoms with Crippen molar-refractivity contribution in [2.75, 3.05) is 31.6 Å². The summed E-state index contributed by atoms with van der Waals surface area (Å²) in [4.78, 5) is 4.25. The maximum atomic E-state index is 12.8. The average molecular weight is 406 g/mol. The van der Waals surface area contributed by atoms with E-state index in [9.17, 15) is 13.7 Å². The first-order valence-electron chi connectivity index (χ1n) is 9.36. The Balaban J connectivity index is 1.58. The average Bonchev–Trinajstić information content (AvgIpc) is 3.46. The molecule has 4 heterocycles. The molecule has 2 saturated heterocycles. The summed E-state index contributed by atoms with van der Waals surface area (Å²) in [5, 5.41) is 12.4. The van der Waals surface area contributed by atoms with E-state index in [0.717, 1.165) is 32.3 Å². The lowest BCUT2D eigenvalue weighted by atomic mass is 10.2. The van der Waals surface area contributed by atoms with Crippen LogP contribution < -0.4 is 5.32 Å². The molecule has 2 aliphatic heterocycles. The highest BCUT2D eigenvalue weighted by Crippen LogP contribution is 2.33. The van der Waals surface area contributed by atoms with Gasteiger partial charge in [-0.25, -0.2) is 8.42 Å². The number of aromatic nitrogens is 1. The quantitative estimate of drug-likeness (QED) is 0.776. The molecular formula is C18H22N4O5S. The van der Waals surface area contributed by atoms with Crippen LogP contribution in [0.4, 0.5) is 5.88 Å². The Morgan fingerprint density at radius 1 is 1.32 bits per heavy atom. The van der Waals surface area contributed by atoms with Gasteiger partial charge in [-0.05, 0) is 32.6 Å². The molecule has 2 aromatic heterocycles. The smallest absolute Gasteiger partial charge is 0.266 e. The lowest BCUT2D eigenvalue weighted by Gasteiger charge is -2.14. The molecule has 1 N–H and O–H groups in total. The number of hydrogen-bond acceptors (Lipinski definition) is 8. The van der Waals surface area contributed by atoms with Crippen LogP contribution in [0.15, 0.2) is 19.8 Å². The summed E-state index contributed by atoms with van der Waals surface area (Å²) in [6.45, 7) is 3.86. The molecule has 150 valence electrons. The first-order valence-corrected chi connectivity index (χ1v) is 10.8. The van der Waals surface area contributed by atoms with E-state index in [1.807, 2.05) is 6.07 Å². The Morgan fingerprint density at radius 3 is 2.79 bits per heavy atom. The molecule has 4 rings (SSSR count). The molecule has 0 bridgehead atoms. The molecule has 2 aliphatic rings. The Labute approximate surface area is 163 Å². The maximum absolute atomic E-state index is 12.8. The van der Waals surface area contributed by atoms with Gasteiger partial charge < -0.3 is 18.9 Å². The number of hydrogen-bond donors (Lipinski definition) is 1. The molecule has 2 fully saturated rings. The van der Waals surface area contributed by atoms with E-state index in [0.29, 0.717) is 19.6 Å². The molecule has 9 nitrogen and oxygen atoms in total. The monoisotopic (exact) mass is 406 g/mol. The van der Waals surface area contributed by atoms with Crippen LogP contribution in [0.25, 0.3) is 11.7 Å². The van der Waals surface area contributed by atoms with Gasteiger partial charge in [0.2, 0.25) is 21.6 Å². The molecule has 28 heavy (non-hydrogen) atoms. The third-order valence-electron chi connectivity index (χ3n) is 5.01. The highest BCUT2D eigenvalue weighted by Gasteiger charge is 2.32. The van der Waals surface area contributed by atoms with Crippen LogP contribution in [0.2, 0.25) is 0 Å². The third kappa shape index (κ3) is 3.53. The largest absolute Gasteiger partial charge is 0.455 e. The number of sulfonamides is 1. The molecule has 0 saturated carbocycles. The zero-order chi connectivity index (χ0) is 19.7. The summed E-state index contributed by atoms with van der Waals surface area (Å²) in [6, 6.07) is 3.40. The van der Waals surface area contributed by atoms with E-state index in [4.69, 9.17) is 13.6 Å². The minimum Gasteiger partial charge on any atom is -0.455 e. The summed E-state index contributed by atoms with van der Waals surface area (Å²) in [5.41, 5.74) is 0.0889. The molecule has 2 aromatic rings. The van der Waals surface area contributed by atoms with Crippen molar-refractivity contribution < 1.29 is 22.0 Å². The fourth-order valence-corrected chi connectivity index (χ4v) is 5.21. The van der Waals surface area contributed by atoms with Gasteiger partial charge in [0.15, 0.2) is 5.76 Å². The molecule has 0 radical (unpaired) electrons. The normalized spacial score (nSPS) is 20.5. The zero-order valence-electron chi connectivity index (χ0n) is 15.6. The van der Waals surface area contributed by atoms with Crippen LogP contribution in [0.1, 0.15) is 37.1 Å². The van der Waals surface area contributed by atoms with E-state index in [2.05, 4.69) is 10.3 Å². The number of oxazole rings is 1. The topological polar surface area (TPSA) is 122 Å². The van der Waals surface area contributed by atoms with E-state index < -0.39 is 10.0 Å². The highest BCUT2D eigenvalue weighted by molar-refractivity contribution is 7.89. The van der Waals surface area contributed by atoms with E-state index >= 15 is 0 Å². The number of ether oxygens (including phenoxy) is 1. The van der Waals surface area contributed by atoms with Crippen LogP contribution in [0.5, 0.6) is 0 Å². The van der Waals surface area contributed by atoms with Gasteiger partial charge in [0, 0.05) is 32.3 Å². The number of nitriles is 1. The van der Waals surface area contributed by atoms with E-state index in [-0.39, 0.29) is 40.0 Å². The number of nitrogens with one attached hydrogen (secondary N) is 1. The van der Waals surface area contributed by atoms with Crippen molar-refractivity contribution in [2.24, 2.45) is 0 Å². The summed E-state index contributed by atoms with van der Waals surface area (Å²) in [6.07, 6.45) is 3.75. The van der Waals surface area contributed by atoms with Crippen molar-refractivity contribution in [3.05, 3.63) is 17.5 Å². The molecule has 0 amide bonds. The second-order valence-electron chi connectivity index (χ2n) is 6.97. The van der Waals surface area contributed by atoms with Crippen molar-refractivity contribution in [3.63, 3.8) is 0 Å². The minimum absolute atomic E-state index is 0.0670. The van der Waals surface area contributed by atoms with Gasteiger partial charge in [0.25, 0.3) is 5.89 Å². The molecule has 0 unspecified atom stereocenters. The zero-order valence-corrected chi connectivity index (χ0v) is 16.4.